The molecule has 0 aromatic heterocycles. The van der Waals surface area contributed by atoms with Crippen molar-refractivity contribution >= 4 is 17.6 Å². The zero-order valence-corrected chi connectivity index (χ0v) is 21.1. The van der Waals surface area contributed by atoms with Crippen LogP contribution >= 0.6 is 0 Å². The van der Waals surface area contributed by atoms with Gasteiger partial charge in [-0.05, 0) is 62.9 Å². The highest BCUT2D eigenvalue weighted by atomic mass is 19.3. The summed E-state index contributed by atoms with van der Waals surface area (Å²) in [6.45, 7) is 2.05. The van der Waals surface area contributed by atoms with Crippen LogP contribution in [-0.4, -0.2) is 66.5 Å². The third-order valence-corrected chi connectivity index (χ3v) is 7.02. The van der Waals surface area contributed by atoms with Gasteiger partial charge in [0.05, 0.1) is 25.0 Å². The largest absolute Gasteiger partial charge is 0.493 e. The first-order valence-electron chi connectivity index (χ1n) is 12.4. The first kappa shape index (κ1) is 26.5. The van der Waals surface area contributed by atoms with Crippen LogP contribution in [0.25, 0.3) is 0 Å². The lowest BCUT2D eigenvalue weighted by molar-refractivity contribution is -0.0513. The van der Waals surface area contributed by atoms with Gasteiger partial charge in [0, 0.05) is 35.7 Å². The molecular weight excluding hydrogens is 482 g/mol. The van der Waals surface area contributed by atoms with Crippen LogP contribution < -0.4 is 14.8 Å². The molecule has 3 unspecified atom stereocenters. The molecule has 0 bridgehead atoms. The number of amides is 1. The summed E-state index contributed by atoms with van der Waals surface area (Å²) in [6.07, 6.45) is 1.27. The molecule has 1 aliphatic heterocycles. The van der Waals surface area contributed by atoms with Gasteiger partial charge in [-0.25, -0.2) is 0 Å². The molecule has 37 heavy (non-hydrogen) atoms. The fourth-order valence-corrected chi connectivity index (χ4v) is 5.10. The molecule has 1 saturated carbocycles. The molecule has 0 spiro atoms. The summed E-state index contributed by atoms with van der Waals surface area (Å²) in [5.41, 5.74) is 3.31. The second-order valence-electron chi connectivity index (χ2n) is 9.14. The predicted molar refractivity (Wildman–Crippen MR) is 136 cm³/mol. The van der Waals surface area contributed by atoms with Crippen molar-refractivity contribution < 1.29 is 28.2 Å². The minimum absolute atomic E-state index is 0.0455. The molecule has 1 heterocycles. The number of aliphatic hydroxyl groups excluding tert-OH is 1. The van der Waals surface area contributed by atoms with Crippen molar-refractivity contribution in [2.24, 2.45) is 4.99 Å². The number of aliphatic imine (C=N–C) groups is 1. The normalized spacial score (nSPS) is 20.4. The van der Waals surface area contributed by atoms with E-state index in [0.717, 1.165) is 11.1 Å². The Morgan fingerprint density at radius 3 is 2.51 bits per heavy atom. The van der Waals surface area contributed by atoms with E-state index in [0.29, 0.717) is 49.2 Å². The number of alkyl halides is 2. The van der Waals surface area contributed by atoms with Crippen molar-refractivity contribution in [1.29, 1.82) is 5.41 Å². The van der Waals surface area contributed by atoms with Crippen LogP contribution in [0.15, 0.2) is 41.4 Å². The van der Waals surface area contributed by atoms with E-state index < -0.39 is 12.7 Å². The summed E-state index contributed by atoms with van der Waals surface area (Å²) in [6, 6.07) is 10.0. The molecule has 3 N–H and O–H groups in total. The SMILES string of the molecule is CCN(CC)C(=N)NC(=O)c1ccc(C2=NC3CCC(O)CC3c3cc(OC(F)F)c(OC)cc32)cc1. The lowest BCUT2D eigenvalue weighted by Crippen LogP contribution is -2.43. The number of hydrogen-bond acceptors (Lipinski definition) is 6. The third-order valence-electron chi connectivity index (χ3n) is 7.02. The van der Waals surface area contributed by atoms with E-state index in [1.54, 1.807) is 41.3 Å². The number of ether oxygens (including phenoxy) is 2. The van der Waals surface area contributed by atoms with Crippen molar-refractivity contribution in [3.8, 4) is 11.5 Å². The molecule has 10 heteroatoms. The second kappa shape index (κ2) is 11.2. The van der Waals surface area contributed by atoms with E-state index in [2.05, 4.69) is 5.32 Å². The first-order valence-corrected chi connectivity index (χ1v) is 12.4. The van der Waals surface area contributed by atoms with Gasteiger partial charge in [-0.3, -0.25) is 20.5 Å². The van der Waals surface area contributed by atoms with Crippen LogP contribution in [0.5, 0.6) is 11.5 Å². The molecule has 4 rings (SSSR count). The molecule has 8 nitrogen and oxygen atoms in total. The molecule has 0 radical (unpaired) electrons. The molecule has 3 atom stereocenters. The number of benzene rings is 2. The number of rotatable bonds is 7. The Kier molecular flexibility index (Phi) is 8.06. The molecule has 1 amide bonds. The van der Waals surface area contributed by atoms with Gasteiger partial charge in [-0.1, -0.05) is 12.1 Å². The minimum Gasteiger partial charge on any atom is -0.493 e. The van der Waals surface area contributed by atoms with Gasteiger partial charge in [0.2, 0.25) is 0 Å². The molecule has 1 fully saturated rings. The lowest BCUT2D eigenvalue weighted by Gasteiger charge is -2.37. The molecule has 1 aliphatic carbocycles. The van der Waals surface area contributed by atoms with Crippen LogP contribution in [0.1, 0.15) is 66.1 Å². The van der Waals surface area contributed by atoms with Crippen molar-refractivity contribution in [3.63, 3.8) is 0 Å². The molecule has 0 saturated heterocycles. The number of fused-ring (bicyclic) bond motifs is 3. The number of methoxy groups -OCH3 is 1. The van der Waals surface area contributed by atoms with E-state index in [1.165, 1.54) is 7.11 Å². The van der Waals surface area contributed by atoms with E-state index in [1.807, 2.05) is 13.8 Å². The Bertz CT molecular complexity index is 1180. The van der Waals surface area contributed by atoms with Gasteiger partial charge < -0.3 is 19.5 Å². The van der Waals surface area contributed by atoms with Crippen LogP contribution in [-0.2, 0) is 0 Å². The maximum absolute atomic E-state index is 13.1. The number of nitrogens with one attached hydrogen (secondary N) is 2. The quantitative estimate of drug-likeness (QED) is 0.380. The first-order chi connectivity index (χ1) is 17.7. The number of carbonyl (C=O) groups excluding carboxylic acids is 1. The Balaban J connectivity index is 1.68. The molecule has 2 aliphatic rings. The fourth-order valence-electron chi connectivity index (χ4n) is 5.10. The monoisotopic (exact) mass is 514 g/mol. The number of carbonyl (C=O) groups is 1. The number of halogens is 2. The second-order valence-corrected chi connectivity index (χ2v) is 9.14. The smallest absolute Gasteiger partial charge is 0.387 e. The zero-order chi connectivity index (χ0) is 26.7. The summed E-state index contributed by atoms with van der Waals surface area (Å²) >= 11 is 0. The topological polar surface area (TPSA) is 107 Å². The highest BCUT2D eigenvalue weighted by molar-refractivity contribution is 6.15. The van der Waals surface area contributed by atoms with Crippen LogP contribution in [0, 0.1) is 5.41 Å². The van der Waals surface area contributed by atoms with Crippen LogP contribution in [0.4, 0.5) is 8.78 Å². The number of guanidine groups is 1. The Hall–Kier alpha value is -3.53. The summed E-state index contributed by atoms with van der Waals surface area (Å²) in [4.78, 5) is 19.4. The van der Waals surface area contributed by atoms with E-state index in [-0.39, 0.29) is 35.3 Å². The molecule has 2 aromatic rings. The van der Waals surface area contributed by atoms with Crippen molar-refractivity contribution in [2.75, 3.05) is 20.2 Å². The average Bonchev–Trinajstić information content (AvgIpc) is 2.88. The van der Waals surface area contributed by atoms with Crippen molar-refractivity contribution in [1.82, 2.24) is 10.2 Å². The fraction of sp³-hybridized carbons (Fsp3) is 0.444. The highest BCUT2D eigenvalue weighted by Crippen LogP contribution is 2.45. The van der Waals surface area contributed by atoms with Gasteiger partial charge in [-0.2, -0.15) is 8.78 Å². The summed E-state index contributed by atoms with van der Waals surface area (Å²) in [7, 11) is 1.38. The number of hydrogen-bond donors (Lipinski definition) is 3. The van der Waals surface area contributed by atoms with Gasteiger partial charge in [-0.15, -0.1) is 0 Å². The number of nitrogens with zero attached hydrogens (tertiary/aromatic N) is 2. The Labute approximate surface area is 214 Å². The summed E-state index contributed by atoms with van der Waals surface area (Å²) in [5.74, 6) is -0.369. The standard InChI is InChI=1S/C27H32F2N4O4/c1-4-33(5-2)27(30)32-25(35)16-8-6-15(7-9-16)24-20-14-22(36-3)23(37-26(28)29)13-18(20)19-12-17(34)10-11-21(19)31-24/h6-9,13-14,17,19,21,26,34H,4-5,10-12H2,1-3H3,(H2,30,32,35). The maximum Gasteiger partial charge on any atom is 0.387 e. The van der Waals surface area contributed by atoms with E-state index >= 15 is 0 Å². The molecule has 198 valence electrons. The predicted octanol–water partition coefficient (Wildman–Crippen LogP) is 4.15. The maximum atomic E-state index is 13.1. The zero-order valence-electron chi connectivity index (χ0n) is 21.1. The summed E-state index contributed by atoms with van der Waals surface area (Å²) < 4.78 is 36.2. The van der Waals surface area contributed by atoms with Gasteiger partial charge in [0.1, 0.15) is 0 Å². The van der Waals surface area contributed by atoms with E-state index in [9.17, 15) is 18.7 Å². The number of aliphatic hydroxyl groups is 1. The average molecular weight is 515 g/mol. The van der Waals surface area contributed by atoms with Gasteiger partial charge in [0.25, 0.3) is 5.91 Å². The van der Waals surface area contributed by atoms with E-state index in [4.69, 9.17) is 19.9 Å². The highest BCUT2D eigenvalue weighted by Gasteiger charge is 2.37. The third kappa shape index (κ3) is 5.58. The van der Waals surface area contributed by atoms with Crippen molar-refractivity contribution in [3.05, 3.63) is 58.7 Å². The van der Waals surface area contributed by atoms with Crippen LogP contribution in [0.3, 0.4) is 0 Å². The summed E-state index contributed by atoms with van der Waals surface area (Å²) in [5, 5.41) is 21.0. The van der Waals surface area contributed by atoms with Crippen LogP contribution in [0.2, 0.25) is 0 Å². The molecular formula is C27H32F2N4O4. The van der Waals surface area contributed by atoms with Gasteiger partial charge >= 0.3 is 6.61 Å². The Morgan fingerprint density at radius 2 is 1.89 bits per heavy atom. The minimum atomic E-state index is -3.00. The lowest BCUT2D eigenvalue weighted by atomic mass is 9.74. The molecule has 2 aromatic carbocycles. The van der Waals surface area contributed by atoms with Gasteiger partial charge in [0.15, 0.2) is 17.5 Å². The van der Waals surface area contributed by atoms with Crippen molar-refractivity contribution in [2.45, 2.75) is 57.8 Å². The Morgan fingerprint density at radius 1 is 1.19 bits per heavy atom.